The maximum absolute atomic E-state index is 13.1. The maximum atomic E-state index is 13.1. The lowest BCUT2D eigenvalue weighted by Gasteiger charge is -2.42. The summed E-state index contributed by atoms with van der Waals surface area (Å²) >= 11 is 0. The molecule has 2 aromatic rings. The van der Waals surface area contributed by atoms with Crippen molar-refractivity contribution in [3.8, 4) is 5.75 Å². The Morgan fingerprint density at radius 2 is 1.88 bits per heavy atom. The second-order valence-electron chi connectivity index (χ2n) is 6.59. The number of carbonyl (C=O) groups is 1. The van der Waals surface area contributed by atoms with Gasteiger partial charge >= 0.3 is 0 Å². The number of nitrogens with one attached hydrogen (secondary N) is 1. The molecule has 0 unspecified atom stereocenters. The van der Waals surface area contributed by atoms with Crippen LogP contribution in [0.2, 0.25) is 0 Å². The first kappa shape index (κ1) is 16.5. The molecule has 4 nitrogen and oxygen atoms in total. The van der Waals surface area contributed by atoms with Gasteiger partial charge in [0.1, 0.15) is 23.3 Å². The van der Waals surface area contributed by atoms with Crippen molar-refractivity contribution in [2.24, 2.45) is 0 Å². The molecular formula is C19H20FNO3. The third-order valence-electron chi connectivity index (χ3n) is 4.32. The lowest BCUT2D eigenvalue weighted by Crippen LogP contribution is -2.50. The van der Waals surface area contributed by atoms with Gasteiger partial charge in [-0.25, -0.2) is 4.39 Å². The van der Waals surface area contributed by atoms with E-state index >= 15 is 0 Å². The van der Waals surface area contributed by atoms with Gasteiger partial charge in [-0.3, -0.25) is 4.79 Å². The van der Waals surface area contributed by atoms with Crippen LogP contribution in [0.3, 0.4) is 0 Å². The molecule has 2 aromatic carbocycles. The standard InChI is InChI=1S/C19H20FNO3/c1-11(22)12-4-9-16-15(10-12)17(18(23)19(2,3)24-16)21-14-7-5-13(20)6-8-14/h4-10,17-18,21,23H,1-3H3/t17-,18+/m0/s1. The number of rotatable bonds is 3. The number of carbonyl (C=O) groups excluding carboxylic acids is 1. The van der Waals surface area contributed by atoms with Gasteiger partial charge < -0.3 is 15.2 Å². The summed E-state index contributed by atoms with van der Waals surface area (Å²) in [5, 5.41) is 14.0. The molecule has 0 aromatic heterocycles. The van der Waals surface area contributed by atoms with Crippen LogP contribution in [0.4, 0.5) is 10.1 Å². The molecule has 24 heavy (non-hydrogen) atoms. The van der Waals surface area contributed by atoms with Crippen molar-refractivity contribution < 1.29 is 19.0 Å². The van der Waals surface area contributed by atoms with Crippen molar-refractivity contribution in [1.82, 2.24) is 0 Å². The van der Waals surface area contributed by atoms with Gasteiger partial charge in [-0.05, 0) is 63.2 Å². The molecule has 0 saturated carbocycles. The van der Waals surface area contributed by atoms with E-state index in [9.17, 15) is 14.3 Å². The topological polar surface area (TPSA) is 58.6 Å². The molecule has 3 rings (SSSR count). The van der Waals surface area contributed by atoms with Gasteiger partial charge in [0.05, 0.1) is 6.04 Å². The van der Waals surface area contributed by atoms with Crippen LogP contribution in [0.1, 0.15) is 42.7 Å². The minimum atomic E-state index is -0.850. The molecule has 126 valence electrons. The second kappa shape index (κ2) is 5.91. The summed E-state index contributed by atoms with van der Waals surface area (Å²) in [6, 6.07) is 10.6. The highest BCUT2D eigenvalue weighted by atomic mass is 19.1. The van der Waals surface area contributed by atoms with Crippen molar-refractivity contribution in [3.05, 3.63) is 59.4 Å². The number of hydrogen-bond donors (Lipinski definition) is 2. The normalized spacial score (nSPS) is 21.5. The zero-order valence-corrected chi connectivity index (χ0v) is 13.8. The number of hydrogen-bond acceptors (Lipinski definition) is 4. The van der Waals surface area contributed by atoms with Crippen LogP contribution in [0, 0.1) is 5.82 Å². The molecule has 2 atom stereocenters. The minimum absolute atomic E-state index is 0.0577. The van der Waals surface area contributed by atoms with Crippen LogP contribution in [0.25, 0.3) is 0 Å². The van der Waals surface area contributed by atoms with Gasteiger partial charge in [0.2, 0.25) is 0 Å². The molecule has 0 amide bonds. The number of anilines is 1. The maximum Gasteiger partial charge on any atom is 0.159 e. The Morgan fingerprint density at radius 1 is 1.21 bits per heavy atom. The Balaban J connectivity index is 2.04. The third-order valence-corrected chi connectivity index (χ3v) is 4.32. The van der Waals surface area contributed by atoms with Gasteiger partial charge in [0.25, 0.3) is 0 Å². The first-order chi connectivity index (χ1) is 11.3. The Bertz CT molecular complexity index is 771. The predicted octanol–water partition coefficient (Wildman–Crippen LogP) is 3.71. The quantitative estimate of drug-likeness (QED) is 0.843. The lowest BCUT2D eigenvalue weighted by molar-refractivity contribution is -0.0532. The monoisotopic (exact) mass is 329 g/mol. The Morgan fingerprint density at radius 3 is 2.50 bits per heavy atom. The molecule has 0 fully saturated rings. The molecule has 0 aliphatic carbocycles. The zero-order chi connectivity index (χ0) is 17.5. The molecule has 0 saturated heterocycles. The highest BCUT2D eigenvalue weighted by Crippen LogP contribution is 2.41. The fraction of sp³-hybridized carbons (Fsp3) is 0.316. The average molecular weight is 329 g/mol. The summed E-state index contributed by atoms with van der Waals surface area (Å²) in [6.45, 7) is 5.10. The third kappa shape index (κ3) is 2.99. The largest absolute Gasteiger partial charge is 0.485 e. The van der Waals surface area contributed by atoms with Gasteiger partial charge in [-0.15, -0.1) is 0 Å². The van der Waals surface area contributed by atoms with E-state index in [1.54, 1.807) is 44.2 Å². The van der Waals surface area contributed by atoms with E-state index in [2.05, 4.69) is 5.32 Å². The van der Waals surface area contributed by atoms with E-state index in [0.717, 1.165) is 0 Å². The molecule has 2 N–H and O–H groups in total. The fourth-order valence-electron chi connectivity index (χ4n) is 2.90. The molecule has 0 radical (unpaired) electrons. The summed E-state index contributed by atoms with van der Waals surface area (Å²) in [5.74, 6) is 0.236. The SMILES string of the molecule is CC(=O)c1ccc2c(c1)[C@H](Nc1ccc(F)cc1)[C@@H](O)C(C)(C)O2. The molecule has 0 spiro atoms. The van der Waals surface area contributed by atoms with Crippen LogP contribution in [0.5, 0.6) is 5.75 Å². The zero-order valence-electron chi connectivity index (χ0n) is 13.8. The highest BCUT2D eigenvalue weighted by molar-refractivity contribution is 5.94. The second-order valence-corrected chi connectivity index (χ2v) is 6.59. The molecular weight excluding hydrogens is 309 g/mol. The summed E-state index contributed by atoms with van der Waals surface area (Å²) in [7, 11) is 0. The van der Waals surface area contributed by atoms with Gasteiger partial charge in [0, 0.05) is 16.8 Å². The Labute approximate surface area is 140 Å². The van der Waals surface area contributed by atoms with E-state index in [0.29, 0.717) is 22.6 Å². The smallest absolute Gasteiger partial charge is 0.159 e. The van der Waals surface area contributed by atoms with Gasteiger partial charge in [-0.2, -0.15) is 0 Å². The van der Waals surface area contributed by atoms with Crippen LogP contribution < -0.4 is 10.1 Å². The van der Waals surface area contributed by atoms with Crippen molar-refractivity contribution in [1.29, 1.82) is 0 Å². The van der Waals surface area contributed by atoms with Crippen LogP contribution in [-0.2, 0) is 0 Å². The fourth-order valence-corrected chi connectivity index (χ4v) is 2.90. The molecule has 0 bridgehead atoms. The highest BCUT2D eigenvalue weighted by Gasteiger charge is 2.43. The first-order valence-electron chi connectivity index (χ1n) is 7.82. The molecule has 1 aliphatic heterocycles. The predicted molar refractivity (Wildman–Crippen MR) is 89.9 cm³/mol. The number of aliphatic hydroxyl groups excluding tert-OH is 1. The van der Waals surface area contributed by atoms with Crippen LogP contribution in [-0.4, -0.2) is 22.6 Å². The summed E-state index contributed by atoms with van der Waals surface area (Å²) in [6.07, 6.45) is -0.850. The van der Waals surface area contributed by atoms with Crippen LogP contribution >= 0.6 is 0 Å². The van der Waals surface area contributed by atoms with Gasteiger partial charge in [0.15, 0.2) is 5.78 Å². The minimum Gasteiger partial charge on any atom is -0.485 e. The van der Waals surface area contributed by atoms with E-state index in [4.69, 9.17) is 4.74 Å². The summed E-state index contributed by atoms with van der Waals surface area (Å²) in [5.41, 5.74) is 1.13. The number of benzene rings is 2. The van der Waals surface area contributed by atoms with Crippen molar-refractivity contribution in [2.45, 2.75) is 38.5 Å². The lowest BCUT2D eigenvalue weighted by atomic mass is 9.85. The number of Topliss-reactive ketones (excluding diaryl/α,β-unsaturated/α-hetero) is 1. The molecule has 1 heterocycles. The Kier molecular flexibility index (Phi) is 4.05. The Hall–Kier alpha value is -2.40. The van der Waals surface area contributed by atoms with E-state index < -0.39 is 17.7 Å². The van der Waals surface area contributed by atoms with Crippen molar-refractivity contribution in [3.63, 3.8) is 0 Å². The van der Waals surface area contributed by atoms with Gasteiger partial charge in [-0.1, -0.05) is 0 Å². The van der Waals surface area contributed by atoms with Crippen LogP contribution in [0.15, 0.2) is 42.5 Å². The molecule has 1 aliphatic rings. The average Bonchev–Trinajstić information content (AvgIpc) is 2.53. The molecule has 5 heteroatoms. The van der Waals surface area contributed by atoms with E-state index in [1.807, 2.05) is 0 Å². The first-order valence-corrected chi connectivity index (χ1v) is 7.82. The number of ether oxygens (including phenoxy) is 1. The number of fused-ring (bicyclic) bond motifs is 1. The number of halogens is 1. The van der Waals surface area contributed by atoms with Crippen molar-refractivity contribution in [2.75, 3.05) is 5.32 Å². The summed E-state index contributed by atoms with van der Waals surface area (Å²) < 4.78 is 19.0. The summed E-state index contributed by atoms with van der Waals surface area (Å²) in [4.78, 5) is 11.7. The number of aliphatic hydroxyl groups is 1. The number of ketones is 1. The van der Waals surface area contributed by atoms with E-state index in [1.165, 1.54) is 19.1 Å². The van der Waals surface area contributed by atoms with E-state index in [-0.39, 0.29) is 11.6 Å². The van der Waals surface area contributed by atoms with Crippen molar-refractivity contribution >= 4 is 11.5 Å².